The third-order valence-electron chi connectivity index (χ3n) is 3.78. The lowest BCUT2D eigenvalue weighted by Gasteiger charge is -2.24. The number of hydrogen-bond acceptors (Lipinski definition) is 4. The van der Waals surface area contributed by atoms with Crippen LogP contribution in [0.2, 0.25) is 5.02 Å². The van der Waals surface area contributed by atoms with Gasteiger partial charge in [0.05, 0.1) is 28.4 Å². The zero-order valence-electron chi connectivity index (χ0n) is 14.2. The Labute approximate surface area is 162 Å². The number of hydrogen-bond donors (Lipinski definition) is 1. The molecule has 0 atom stereocenters. The molecule has 0 aliphatic rings. The van der Waals surface area contributed by atoms with Gasteiger partial charge in [-0.2, -0.15) is 0 Å². The number of rotatable bonds is 7. The predicted molar refractivity (Wildman–Crippen MR) is 103 cm³/mol. The second-order valence-corrected chi connectivity index (χ2v) is 7.90. The number of anilines is 1. The molecule has 140 valence electrons. The van der Waals surface area contributed by atoms with Gasteiger partial charge in [0.25, 0.3) is 10.0 Å². The molecular formula is C19H17ClN2O4S. The number of furan rings is 1. The number of sulfonamides is 1. The molecule has 2 aromatic carbocycles. The van der Waals surface area contributed by atoms with Crippen molar-refractivity contribution in [3.05, 3.63) is 83.8 Å². The molecule has 0 bridgehead atoms. The topological polar surface area (TPSA) is 79.6 Å². The van der Waals surface area contributed by atoms with Crippen LogP contribution in [-0.2, 0) is 21.4 Å². The fraction of sp³-hybridized carbons (Fsp3) is 0.105. The highest BCUT2D eigenvalue weighted by Crippen LogP contribution is 2.30. The Morgan fingerprint density at radius 3 is 2.37 bits per heavy atom. The van der Waals surface area contributed by atoms with Crippen LogP contribution in [0.4, 0.5) is 5.69 Å². The third kappa shape index (κ3) is 4.50. The first kappa shape index (κ1) is 19.0. The van der Waals surface area contributed by atoms with Gasteiger partial charge in [0.15, 0.2) is 0 Å². The van der Waals surface area contributed by atoms with Gasteiger partial charge in [-0.05, 0) is 36.4 Å². The van der Waals surface area contributed by atoms with Crippen LogP contribution in [0.5, 0.6) is 0 Å². The Morgan fingerprint density at radius 1 is 1.00 bits per heavy atom. The van der Waals surface area contributed by atoms with Crippen molar-refractivity contribution in [3.8, 4) is 0 Å². The molecule has 0 spiro atoms. The van der Waals surface area contributed by atoms with Crippen LogP contribution in [-0.4, -0.2) is 20.9 Å². The number of amides is 1. The van der Waals surface area contributed by atoms with Crippen molar-refractivity contribution in [2.24, 2.45) is 0 Å². The summed E-state index contributed by atoms with van der Waals surface area (Å²) in [5.74, 6) is 0.0874. The van der Waals surface area contributed by atoms with Crippen molar-refractivity contribution in [1.29, 1.82) is 0 Å². The Balaban J connectivity index is 1.89. The van der Waals surface area contributed by atoms with Crippen LogP contribution in [0.1, 0.15) is 5.76 Å². The van der Waals surface area contributed by atoms with Crippen LogP contribution in [0, 0.1) is 0 Å². The van der Waals surface area contributed by atoms with E-state index in [-0.39, 0.29) is 22.2 Å². The molecule has 0 radical (unpaired) electrons. The third-order valence-corrected chi connectivity index (χ3v) is 5.87. The molecule has 0 saturated heterocycles. The van der Waals surface area contributed by atoms with Gasteiger partial charge in [0, 0.05) is 0 Å². The predicted octanol–water partition coefficient (Wildman–Crippen LogP) is 3.44. The lowest BCUT2D eigenvalue weighted by atomic mass is 10.3. The van der Waals surface area contributed by atoms with E-state index in [9.17, 15) is 13.2 Å². The summed E-state index contributed by atoms with van der Waals surface area (Å²) in [7, 11) is -3.98. The SMILES string of the molecule is O=C(CN(c1ccccc1Cl)S(=O)(=O)c1ccccc1)NCc1ccco1. The number of para-hydroxylation sites is 1. The van der Waals surface area contributed by atoms with Crippen molar-refractivity contribution in [1.82, 2.24) is 5.32 Å². The van der Waals surface area contributed by atoms with E-state index in [2.05, 4.69) is 5.32 Å². The highest BCUT2D eigenvalue weighted by Gasteiger charge is 2.28. The first-order valence-electron chi connectivity index (χ1n) is 8.10. The van der Waals surface area contributed by atoms with E-state index in [0.717, 1.165) is 4.31 Å². The van der Waals surface area contributed by atoms with Crippen LogP contribution in [0.3, 0.4) is 0 Å². The maximum Gasteiger partial charge on any atom is 0.264 e. The van der Waals surface area contributed by atoms with Crippen LogP contribution < -0.4 is 9.62 Å². The summed E-state index contributed by atoms with van der Waals surface area (Å²) in [4.78, 5) is 12.5. The molecule has 1 heterocycles. The number of carbonyl (C=O) groups excluding carboxylic acids is 1. The molecule has 0 fully saturated rings. The molecule has 6 nitrogen and oxygen atoms in total. The maximum atomic E-state index is 13.1. The summed E-state index contributed by atoms with van der Waals surface area (Å²) in [6, 6.07) is 17.8. The number of nitrogens with zero attached hydrogens (tertiary/aromatic N) is 1. The first-order chi connectivity index (χ1) is 13.0. The smallest absolute Gasteiger partial charge is 0.264 e. The van der Waals surface area contributed by atoms with Crippen LogP contribution in [0.25, 0.3) is 0 Å². The minimum absolute atomic E-state index is 0.0729. The summed E-state index contributed by atoms with van der Waals surface area (Å²) in [6.07, 6.45) is 1.50. The van der Waals surface area contributed by atoms with Gasteiger partial charge < -0.3 is 9.73 Å². The Kier molecular flexibility index (Phi) is 5.83. The Hall–Kier alpha value is -2.77. The molecule has 0 saturated carbocycles. The second-order valence-electron chi connectivity index (χ2n) is 5.63. The van der Waals surface area contributed by atoms with E-state index in [1.165, 1.54) is 18.4 Å². The maximum absolute atomic E-state index is 13.1. The summed E-state index contributed by atoms with van der Waals surface area (Å²) < 4.78 is 32.4. The van der Waals surface area contributed by atoms with Gasteiger partial charge in [-0.1, -0.05) is 41.9 Å². The lowest BCUT2D eigenvalue weighted by Crippen LogP contribution is -2.40. The summed E-state index contributed by atoms with van der Waals surface area (Å²) in [5.41, 5.74) is 0.233. The van der Waals surface area contributed by atoms with Crippen molar-refractivity contribution in [2.75, 3.05) is 10.8 Å². The van der Waals surface area contributed by atoms with E-state index in [1.54, 1.807) is 54.6 Å². The van der Waals surface area contributed by atoms with E-state index in [1.807, 2.05) is 0 Å². The number of nitrogens with one attached hydrogen (secondary N) is 1. The minimum atomic E-state index is -3.98. The molecule has 0 aliphatic heterocycles. The zero-order valence-corrected chi connectivity index (χ0v) is 15.8. The lowest BCUT2D eigenvalue weighted by molar-refractivity contribution is -0.119. The molecule has 1 amide bonds. The molecule has 3 aromatic rings. The average Bonchev–Trinajstić information content (AvgIpc) is 3.19. The van der Waals surface area contributed by atoms with Crippen LogP contribution >= 0.6 is 11.6 Å². The largest absolute Gasteiger partial charge is 0.467 e. The number of halogens is 1. The van der Waals surface area contributed by atoms with Gasteiger partial charge >= 0.3 is 0 Å². The van der Waals surface area contributed by atoms with E-state index in [4.69, 9.17) is 16.0 Å². The molecular weight excluding hydrogens is 388 g/mol. The fourth-order valence-electron chi connectivity index (χ4n) is 2.46. The van der Waals surface area contributed by atoms with E-state index >= 15 is 0 Å². The summed E-state index contributed by atoms with van der Waals surface area (Å²) in [5, 5.41) is 2.88. The number of benzene rings is 2. The van der Waals surface area contributed by atoms with Crippen molar-refractivity contribution in [2.45, 2.75) is 11.4 Å². The van der Waals surface area contributed by atoms with Gasteiger partial charge in [0.2, 0.25) is 5.91 Å². The summed E-state index contributed by atoms with van der Waals surface area (Å²) in [6.45, 7) is -0.255. The molecule has 8 heteroatoms. The van der Waals surface area contributed by atoms with E-state index < -0.39 is 22.5 Å². The molecule has 0 aliphatic carbocycles. The van der Waals surface area contributed by atoms with Crippen molar-refractivity contribution < 1.29 is 17.6 Å². The first-order valence-corrected chi connectivity index (χ1v) is 9.91. The van der Waals surface area contributed by atoms with E-state index in [0.29, 0.717) is 5.76 Å². The van der Waals surface area contributed by atoms with Crippen molar-refractivity contribution in [3.63, 3.8) is 0 Å². The monoisotopic (exact) mass is 404 g/mol. The van der Waals surface area contributed by atoms with Gasteiger partial charge in [-0.15, -0.1) is 0 Å². The minimum Gasteiger partial charge on any atom is -0.467 e. The van der Waals surface area contributed by atoms with Gasteiger partial charge in [0.1, 0.15) is 12.3 Å². The Morgan fingerprint density at radius 2 is 1.70 bits per heavy atom. The van der Waals surface area contributed by atoms with Gasteiger partial charge in [-0.25, -0.2) is 8.42 Å². The van der Waals surface area contributed by atoms with Gasteiger partial charge in [-0.3, -0.25) is 9.10 Å². The standard InChI is InChI=1S/C19H17ClN2O4S/c20-17-10-4-5-11-18(17)22(27(24,25)16-8-2-1-3-9-16)14-19(23)21-13-15-7-6-12-26-15/h1-12H,13-14H2,(H,21,23). The Bertz CT molecular complexity index is 1010. The normalized spacial score (nSPS) is 11.1. The second kappa shape index (κ2) is 8.28. The average molecular weight is 405 g/mol. The highest BCUT2D eigenvalue weighted by molar-refractivity contribution is 7.92. The molecule has 3 rings (SSSR count). The quantitative estimate of drug-likeness (QED) is 0.654. The van der Waals surface area contributed by atoms with Crippen molar-refractivity contribution >= 4 is 33.2 Å². The summed E-state index contributed by atoms with van der Waals surface area (Å²) >= 11 is 6.20. The highest BCUT2D eigenvalue weighted by atomic mass is 35.5. The molecule has 1 N–H and O–H groups in total. The molecule has 27 heavy (non-hydrogen) atoms. The molecule has 1 aromatic heterocycles. The number of carbonyl (C=O) groups is 1. The fourth-order valence-corrected chi connectivity index (χ4v) is 4.21. The molecule has 0 unspecified atom stereocenters. The zero-order chi connectivity index (χ0) is 19.3. The van der Waals surface area contributed by atoms with Crippen LogP contribution in [0.15, 0.2) is 82.3 Å².